The van der Waals surface area contributed by atoms with Gasteiger partial charge in [0.1, 0.15) is 10.3 Å². The minimum absolute atomic E-state index is 0. The molecular weight excluding hydrogens is 398 g/mol. The number of nitrogens with zero attached hydrogens (tertiary/aromatic N) is 1. The summed E-state index contributed by atoms with van der Waals surface area (Å²) in [5.41, 5.74) is 5.54. The van der Waals surface area contributed by atoms with Gasteiger partial charge in [-0.2, -0.15) is 4.31 Å². The van der Waals surface area contributed by atoms with Crippen molar-refractivity contribution < 1.29 is 17.9 Å². The van der Waals surface area contributed by atoms with Crippen molar-refractivity contribution in [3.63, 3.8) is 0 Å². The van der Waals surface area contributed by atoms with Gasteiger partial charge in [-0.3, -0.25) is 4.79 Å². The summed E-state index contributed by atoms with van der Waals surface area (Å²) in [4.78, 5) is 13.0. The summed E-state index contributed by atoms with van der Waals surface area (Å²) in [5, 5.41) is 2.85. The van der Waals surface area contributed by atoms with E-state index in [9.17, 15) is 13.2 Å². The lowest BCUT2D eigenvalue weighted by atomic mass is 10.2. The Bertz CT molecular complexity index is 677. The molecule has 1 saturated heterocycles. The first-order valence-corrected chi connectivity index (χ1v) is 10.9. The van der Waals surface area contributed by atoms with Crippen LogP contribution in [-0.4, -0.2) is 57.0 Å². The van der Waals surface area contributed by atoms with Gasteiger partial charge in [-0.25, -0.2) is 8.42 Å². The van der Waals surface area contributed by atoms with Crippen molar-refractivity contribution in [3.8, 4) is 0 Å². The first-order chi connectivity index (χ1) is 11.9. The summed E-state index contributed by atoms with van der Waals surface area (Å²) in [7, 11) is -3.41. The highest BCUT2D eigenvalue weighted by Crippen LogP contribution is 2.25. The van der Waals surface area contributed by atoms with Crippen LogP contribution >= 0.6 is 23.7 Å². The molecule has 0 aromatic carbocycles. The lowest BCUT2D eigenvalue weighted by Crippen LogP contribution is -2.36. The maximum Gasteiger partial charge on any atom is 0.252 e. The number of ether oxygens (including phenoxy) is 1. The average molecular weight is 426 g/mol. The molecule has 0 radical (unpaired) electrons. The number of halogens is 1. The lowest BCUT2D eigenvalue weighted by Gasteiger charge is -2.16. The Morgan fingerprint density at radius 1 is 1.35 bits per heavy atom. The van der Waals surface area contributed by atoms with Gasteiger partial charge in [-0.15, -0.1) is 23.7 Å². The molecule has 2 atom stereocenters. The van der Waals surface area contributed by atoms with Gasteiger partial charge in [0.2, 0.25) is 5.91 Å². The number of rotatable bonds is 9. The molecule has 0 saturated carbocycles. The smallest absolute Gasteiger partial charge is 0.252 e. The van der Waals surface area contributed by atoms with Crippen LogP contribution in [0.4, 0.5) is 0 Å². The van der Waals surface area contributed by atoms with Gasteiger partial charge in [-0.1, -0.05) is 13.8 Å². The number of hydrogen-bond donors (Lipinski definition) is 2. The highest BCUT2D eigenvalue weighted by molar-refractivity contribution is 7.91. The van der Waals surface area contributed by atoms with Crippen LogP contribution in [0.15, 0.2) is 16.3 Å². The van der Waals surface area contributed by atoms with E-state index in [-0.39, 0.29) is 24.4 Å². The molecule has 1 aliphatic rings. The van der Waals surface area contributed by atoms with Crippen LogP contribution in [0.25, 0.3) is 0 Å². The molecule has 0 spiro atoms. The van der Waals surface area contributed by atoms with Crippen molar-refractivity contribution >= 4 is 39.7 Å². The Labute approximate surface area is 165 Å². The molecule has 0 bridgehead atoms. The summed E-state index contributed by atoms with van der Waals surface area (Å²) in [6.07, 6.45) is 1.65. The quantitative estimate of drug-likeness (QED) is 0.622. The molecule has 150 valence electrons. The molecule has 0 unspecified atom stereocenters. The molecule has 2 heterocycles. The topological polar surface area (TPSA) is 102 Å². The van der Waals surface area contributed by atoms with Gasteiger partial charge < -0.3 is 15.8 Å². The van der Waals surface area contributed by atoms with Crippen molar-refractivity contribution in [1.82, 2.24) is 9.62 Å². The Morgan fingerprint density at radius 3 is 2.62 bits per heavy atom. The van der Waals surface area contributed by atoms with Gasteiger partial charge in [0.25, 0.3) is 10.0 Å². The SMILES string of the molecule is CCN(CC)S(=O)(=O)c1ccc(CCNC(=O)[C@@H]2CC[C@H](CN)O2)s1.Cl. The van der Waals surface area contributed by atoms with Crippen LogP contribution in [0.3, 0.4) is 0 Å². The number of nitrogens with one attached hydrogen (secondary N) is 1. The third-order valence-corrected chi connectivity index (χ3v) is 7.93. The summed E-state index contributed by atoms with van der Waals surface area (Å²) < 4.78 is 32.3. The average Bonchev–Trinajstić information content (AvgIpc) is 3.25. The van der Waals surface area contributed by atoms with E-state index in [2.05, 4.69) is 5.32 Å². The van der Waals surface area contributed by atoms with Crippen molar-refractivity contribution in [2.24, 2.45) is 5.73 Å². The minimum Gasteiger partial charge on any atom is -0.364 e. The number of nitrogens with two attached hydrogens (primary N) is 1. The van der Waals surface area contributed by atoms with E-state index in [1.807, 2.05) is 19.9 Å². The minimum atomic E-state index is -3.41. The number of thiophene rings is 1. The molecular formula is C16H28ClN3O4S2. The van der Waals surface area contributed by atoms with Crippen molar-refractivity contribution in [3.05, 3.63) is 17.0 Å². The molecule has 3 N–H and O–H groups in total. The Hall–Kier alpha value is -0.710. The maximum absolute atomic E-state index is 12.5. The van der Waals surface area contributed by atoms with Gasteiger partial charge in [0.15, 0.2) is 0 Å². The normalized spacial score (nSPS) is 20.2. The maximum atomic E-state index is 12.5. The molecule has 10 heteroatoms. The number of carbonyl (C=O) groups excluding carboxylic acids is 1. The molecule has 1 fully saturated rings. The summed E-state index contributed by atoms with van der Waals surface area (Å²) >= 11 is 1.26. The van der Waals surface area contributed by atoms with Gasteiger partial charge >= 0.3 is 0 Å². The second-order valence-corrected chi connectivity index (χ2v) is 9.24. The third-order valence-electron chi connectivity index (χ3n) is 4.27. The molecule has 0 aliphatic carbocycles. The predicted octanol–water partition coefficient (Wildman–Crippen LogP) is 1.37. The fraction of sp³-hybridized carbons (Fsp3) is 0.688. The predicted molar refractivity (Wildman–Crippen MR) is 105 cm³/mol. The van der Waals surface area contributed by atoms with E-state index in [0.717, 1.165) is 11.3 Å². The van der Waals surface area contributed by atoms with Crippen LogP contribution in [0.2, 0.25) is 0 Å². The van der Waals surface area contributed by atoms with Crippen molar-refractivity contribution in [2.45, 2.75) is 49.5 Å². The highest BCUT2D eigenvalue weighted by atomic mass is 35.5. The Kier molecular flexibility index (Phi) is 9.49. The second kappa shape index (κ2) is 10.6. The third kappa shape index (κ3) is 5.64. The van der Waals surface area contributed by atoms with Crippen molar-refractivity contribution in [1.29, 1.82) is 0 Å². The van der Waals surface area contributed by atoms with Gasteiger partial charge in [0.05, 0.1) is 6.10 Å². The van der Waals surface area contributed by atoms with Crippen LogP contribution in [0.5, 0.6) is 0 Å². The number of sulfonamides is 1. The van der Waals surface area contributed by atoms with E-state index >= 15 is 0 Å². The lowest BCUT2D eigenvalue weighted by molar-refractivity contribution is -0.131. The number of hydrogen-bond acceptors (Lipinski definition) is 6. The summed E-state index contributed by atoms with van der Waals surface area (Å²) in [6.45, 7) is 5.44. The Balaban J connectivity index is 0.00000338. The monoisotopic (exact) mass is 425 g/mol. The van der Waals surface area contributed by atoms with Crippen LogP contribution < -0.4 is 11.1 Å². The zero-order valence-corrected chi connectivity index (χ0v) is 17.6. The fourth-order valence-corrected chi connectivity index (χ4v) is 5.78. The van der Waals surface area contributed by atoms with E-state index in [4.69, 9.17) is 10.5 Å². The molecule has 7 nitrogen and oxygen atoms in total. The number of carbonyl (C=O) groups is 1. The molecule has 26 heavy (non-hydrogen) atoms. The molecule has 1 aromatic rings. The zero-order valence-electron chi connectivity index (χ0n) is 15.1. The fourth-order valence-electron chi connectivity index (χ4n) is 2.82. The standard InChI is InChI=1S/C16H27N3O4S2.ClH/c1-3-19(4-2)25(21,22)15-8-6-13(24-15)9-10-18-16(20)14-7-5-12(11-17)23-14;/h6,8,12,14H,3-5,7,9-11,17H2,1-2H3,(H,18,20);1H/t12-,14+;/m1./s1. The van der Waals surface area contributed by atoms with Gasteiger partial charge in [-0.05, 0) is 31.4 Å². The molecule has 2 rings (SSSR count). The first kappa shape index (κ1) is 23.3. The molecule has 1 amide bonds. The molecule has 1 aliphatic heterocycles. The second-order valence-electron chi connectivity index (χ2n) is 5.91. The summed E-state index contributed by atoms with van der Waals surface area (Å²) in [6, 6.07) is 3.45. The summed E-state index contributed by atoms with van der Waals surface area (Å²) in [5.74, 6) is -0.122. The highest BCUT2D eigenvalue weighted by Gasteiger charge is 2.29. The van der Waals surface area contributed by atoms with Crippen LogP contribution in [-0.2, 0) is 26.0 Å². The van der Waals surface area contributed by atoms with E-state index in [1.165, 1.54) is 15.6 Å². The van der Waals surface area contributed by atoms with Crippen molar-refractivity contribution in [2.75, 3.05) is 26.2 Å². The van der Waals surface area contributed by atoms with E-state index in [0.29, 0.717) is 43.2 Å². The zero-order chi connectivity index (χ0) is 18.4. The first-order valence-electron chi connectivity index (χ1n) is 8.64. The number of amides is 1. The molecule has 1 aromatic heterocycles. The Morgan fingerprint density at radius 2 is 2.04 bits per heavy atom. The van der Waals surface area contributed by atoms with E-state index in [1.54, 1.807) is 6.07 Å². The van der Waals surface area contributed by atoms with E-state index < -0.39 is 16.1 Å². The van der Waals surface area contributed by atoms with Crippen LogP contribution in [0, 0.1) is 0 Å². The van der Waals surface area contributed by atoms with Gasteiger partial charge in [0, 0.05) is 31.1 Å². The van der Waals surface area contributed by atoms with Crippen LogP contribution in [0.1, 0.15) is 31.6 Å². The largest absolute Gasteiger partial charge is 0.364 e.